The summed E-state index contributed by atoms with van der Waals surface area (Å²) in [6.45, 7) is 1.53. The first kappa shape index (κ1) is 13.0. The lowest BCUT2D eigenvalue weighted by Gasteiger charge is -2.24. The van der Waals surface area contributed by atoms with Gasteiger partial charge in [-0.1, -0.05) is 28.1 Å². The molecule has 2 rings (SSSR count). The first-order valence-electron chi connectivity index (χ1n) is 5.92. The highest BCUT2D eigenvalue weighted by atomic mass is 79.9. The molecule has 1 aliphatic heterocycles. The maximum Gasteiger partial charge on any atom is 0.157 e. The van der Waals surface area contributed by atoms with E-state index in [0.29, 0.717) is 6.42 Å². The molecular formula is C13H17BrO3. The molecule has 1 atom stereocenters. The monoisotopic (exact) mass is 300 g/mol. The third-order valence-electron chi connectivity index (χ3n) is 2.83. The van der Waals surface area contributed by atoms with E-state index in [1.54, 1.807) is 0 Å². The van der Waals surface area contributed by atoms with E-state index in [1.807, 2.05) is 24.3 Å². The Morgan fingerprint density at radius 3 is 2.53 bits per heavy atom. The van der Waals surface area contributed by atoms with Crippen molar-refractivity contribution in [3.63, 3.8) is 0 Å². The van der Waals surface area contributed by atoms with Gasteiger partial charge < -0.3 is 14.6 Å². The van der Waals surface area contributed by atoms with E-state index in [1.165, 1.54) is 0 Å². The Hall–Kier alpha value is -0.420. The fraction of sp³-hybridized carbons (Fsp3) is 0.538. The molecule has 0 amide bonds. The van der Waals surface area contributed by atoms with E-state index in [9.17, 15) is 5.11 Å². The molecule has 1 heterocycles. The fourth-order valence-corrected chi connectivity index (χ4v) is 2.11. The molecule has 1 N–H and O–H groups in total. The van der Waals surface area contributed by atoms with Crippen LogP contribution in [0.2, 0.25) is 0 Å². The summed E-state index contributed by atoms with van der Waals surface area (Å²) in [6.07, 6.45) is 1.76. The van der Waals surface area contributed by atoms with Crippen molar-refractivity contribution in [2.75, 3.05) is 13.2 Å². The predicted octanol–water partition coefficient (Wildman–Crippen LogP) is 3.03. The van der Waals surface area contributed by atoms with Crippen molar-refractivity contribution in [3.8, 4) is 0 Å². The lowest BCUT2D eigenvalue weighted by molar-refractivity contribution is -0.183. The Kier molecular flexibility index (Phi) is 4.98. The second-order valence-electron chi connectivity index (χ2n) is 4.17. The predicted molar refractivity (Wildman–Crippen MR) is 68.6 cm³/mol. The summed E-state index contributed by atoms with van der Waals surface area (Å²) in [4.78, 5) is 0. The van der Waals surface area contributed by atoms with E-state index in [2.05, 4.69) is 15.9 Å². The van der Waals surface area contributed by atoms with Crippen molar-refractivity contribution in [2.24, 2.45) is 0 Å². The van der Waals surface area contributed by atoms with Crippen LogP contribution in [-0.2, 0) is 9.47 Å². The van der Waals surface area contributed by atoms with Crippen molar-refractivity contribution in [3.05, 3.63) is 34.3 Å². The van der Waals surface area contributed by atoms with Crippen molar-refractivity contribution in [1.82, 2.24) is 0 Å². The largest absolute Gasteiger partial charge is 0.388 e. The molecule has 0 aliphatic carbocycles. The van der Waals surface area contributed by atoms with Crippen molar-refractivity contribution in [2.45, 2.75) is 31.7 Å². The minimum absolute atomic E-state index is 0.145. The van der Waals surface area contributed by atoms with Crippen LogP contribution in [0, 0.1) is 0 Å². The van der Waals surface area contributed by atoms with Crippen LogP contribution in [-0.4, -0.2) is 24.6 Å². The molecule has 0 unspecified atom stereocenters. The Balaban J connectivity index is 1.80. The molecular weight excluding hydrogens is 284 g/mol. The molecule has 0 radical (unpaired) electrons. The zero-order chi connectivity index (χ0) is 12.1. The second kappa shape index (κ2) is 6.50. The van der Waals surface area contributed by atoms with Crippen LogP contribution in [0.3, 0.4) is 0 Å². The summed E-state index contributed by atoms with van der Waals surface area (Å²) in [7, 11) is 0. The van der Waals surface area contributed by atoms with Crippen LogP contribution in [0.15, 0.2) is 28.7 Å². The van der Waals surface area contributed by atoms with Gasteiger partial charge in [0.15, 0.2) is 6.29 Å². The highest BCUT2D eigenvalue weighted by Gasteiger charge is 2.16. The van der Waals surface area contributed by atoms with Gasteiger partial charge in [-0.25, -0.2) is 0 Å². The highest BCUT2D eigenvalue weighted by Crippen LogP contribution is 2.22. The lowest BCUT2D eigenvalue weighted by atomic mass is 10.0. The number of aliphatic hydroxyl groups is 1. The normalized spacial score (nSPS) is 19.2. The van der Waals surface area contributed by atoms with Gasteiger partial charge in [0.1, 0.15) is 0 Å². The van der Waals surface area contributed by atoms with Crippen LogP contribution in [0.5, 0.6) is 0 Å². The van der Waals surface area contributed by atoms with E-state index in [-0.39, 0.29) is 6.29 Å². The Morgan fingerprint density at radius 2 is 1.88 bits per heavy atom. The summed E-state index contributed by atoms with van der Waals surface area (Å²) in [5.74, 6) is 0. The summed E-state index contributed by atoms with van der Waals surface area (Å²) in [5.41, 5.74) is 0.934. The van der Waals surface area contributed by atoms with Gasteiger partial charge in [-0.2, -0.15) is 0 Å². The van der Waals surface area contributed by atoms with Crippen LogP contribution in [0.25, 0.3) is 0 Å². The van der Waals surface area contributed by atoms with E-state index < -0.39 is 6.10 Å². The van der Waals surface area contributed by atoms with Gasteiger partial charge in [-0.3, -0.25) is 0 Å². The molecule has 94 valence electrons. The van der Waals surface area contributed by atoms with Crippen molar-refractivity contribution in [1.29, 1.82) is 0 Å². The molecule has 1 aliphatic rings. The first-order chi connectivity index (χ1) is 8.25. The Labute approximate surface area is 110 Å². The fourth-order valence-electron chi connectivity index (χ4n) is 1.85. The number of hydrogen-bond donors (Lipinski definition) is 1. The van der Waals surface area contributed by atoms with Crippen LogP contribution in [0.1, 0.15) is 30.9 Å². The molecule has 3 nitrogen and oxygen atoms in total. The minimum Gasteiger partial charge on any atom is -0.388 e. The van der Waals surface area contributed by atoms with Gasteiger partial charge >= 0.3 is 0 Å². The third-order valence-corrected chi connectivity index (χ3v) is 3.36. The van der Waals surface area contributed by atoms with Crippen LogP contribution < -0.4 is 0 Å². The molecule has 0 saturated carbocycles. The number of aliphatic hydroxyl groups excluding tert-OH is 1. The quantitative estimate of drug-likeness (QED) is 0.929. The zero-order valence-corrected chi connectivity index (χ0v) is 11.2. The van der Waals surface area contributed by atoms with Crippen molar-refractivity contribution < 1.29 is 14.6 Å². The maximum atomic E-state index is 10.0. The molecule has 1 aromatic carbocycles. The first-order valence-corrected chi connectivity index (χ1v) is 6.72. The summed E-state index contributed by atoms with van der Waals surface area (Å²) in [5, 5.41) is 10.0. The van der Waals surface area contributed by atoms with Gasteiger partial charge in [0.2, 0.25) is 0 Å². The molecule has 0 spiro atoms. The Morgan fingerprint density at radius 1 is 1.24 bits per heavy atom. The van der Waals surface area contributed by atoms with Gasteiger partial charge in [0.25, 0.3) is 0 Å². The number of ether oxygens (including phenoxy) is 2. The summed E-state index contributed by atoms with van der Waals surface area (Å²) in [6, 6.07) is 7.73. The van der Waals surface area contributed by atoms with E-state index >= 15 is 0 Å². The number of hydrogen-bond acceptors (Lipinski definition) is 3. The van der Waals surface area contributed by atoms with Gasteiger partial charge in [-0.05, 0) is 30.5 Å². The number of rotatable bonds is 4. The van der Waals surface area contributed by atoms with Gasteiger partial charge in [0, 0.05) is 10.9 Å². The minimum atomic E-state index is -0.447. The average Bonchev–Trinajstić information content (AvgIpc) is 2.38. The van der Waals surface area contributed by atoms with Gasteiger partial charge in [0.05, 0.1) is 19.3 Å². The molecule has 1 fully saturated rings. The molecule has 0 bridgehead atoms. The highest BCUT2D eigenvalue weighted by molar-refractivity contribution is 9.10. The number of halogens is 1. The lowest BCUT2D eigenvalue weighted by Crippen LogP contribution is -2.25. The van der Waals surface area contributed by atoms with Crippen LogP contribution >= 0.6 is 15.9 Å². The van der Waals surface area contributed by atoms with Crippen LogP contribution in [0.4, 0.5) is 0 Å². The summed E-state index contributed by atoms with van der Waals surface area (Å²) < 4.78 is 11.9. The molecule has 17 heavy (non-hydrogen) atoms. The Bertz CT molecular complexity index is 333. The zero-order valence-electron chi connectivity index (χ0n) is 9.64. The van der Waals surface area contributed by atoms with E-state index in [0.717, 1.165) is 36.1 Å². The smallest absolute Gasteiger partial charge is 0.157 e. The topological polar surface area (TPSA) is 38.7 Å². The molecule has 1 aromatic rings. The van der Waals surface area contributed by atoms with E-state index in [4.69, 9.17) is 9.47 Å². The second-order valence-corrected chi connectivity index (χ2v) is 5.09. The van der Waals surface area contributed by atoms with Crippen molar-refractivity contribution >= 4 is 15.9 Å². The number of benzene rings is 1. The third kappa shape index (κ3) is 4.07. The molecule has 0 aromatic heterocycles. The standard InChI is InChI=1S/C13H17BrO3/c14-11-4-2-10(3-5-11)12(15)6-7-13-16-8-1-9-17-13/h2-5,12-13,15H,1,6-9H2/t12-/m0/s1. The molecule has 4 heteroatoms. The summed E-state index contributed by atoms with van der Waals surface area (Å²) >= 11 is 3.37. The SMILES string of the molecule is O[C@@H](CCC1OCCCO1)c1ccc(Br)cc1. The maximum absolute atomic E-state index is 10.0. The molecule has 1 saturated heterocycles. The average molecular weight is 301 g/mol. The van der Waals surface area contributed by atoms with Gasteiger partial charge in [-0.15, -0.1) is 0 Å².